The molecule has 1 aliphatic rings. The zero-order valence-electron chi connectivity index (χ0n) is 23.9. The van der Waals surface area contributed by atoms with Gasteiger partial charge in [0.25, 0.3) is 11.2 Å². The molecule has 0 radical (unpaired) electrons. The van der Waals surface area contributed by atoms with E-state index in [0.29, 0.717) is 53.5 Å². The quantitative estimate of drug-likeness (QED) is 0.114. The number of hydrogen-bond donors (Lipinski definition) is 0. The Labute approximate surface area is 268 Å². The van der Waals surface area contributed by atoms with Gasteiger partial charge in [0.15, 0.2) is 4.80 Å². The van der Waals surface area contributed by atoms with Crippen LogP contribution in [0, 0.1) is 10.1 Å². The number of benzene rings is 3. The molecule has 0 fully saturated rings. The fourth-order valence-corrected chi connectivity index (χ4v) is 6.61. The van der Waals surface area contributed by atoms with Crippen LogP contribution in [-0.4, -0.2) is 29.2 Å². The standard InChI is InChI=1S/C33H24BrN3O7S/c1-3-43-32(39)28-29(19-7-5-4-6-8-19)35-33-36(30(28)20-9-12-22(42-2)13-10-20)31(38)27(45-33)18-23-14-16-26(44-23)24-15-11-21(37(40)41)17-25(24)34/h4-18,30H,3H2,1-2H3/b27-18-. The number of nitrogens with zero attached hydrogens (tertiary/aromatic N) is 3. The Morgan fingerprint density at radius 2 is 1.87 bits per heavy atom. The first kappa shape index (κ1) is 30.0. The Morgan fingerprint density at radius 3 is 2.53 bits per heavy atom. The molecule has 1 aliphatic heterocycles. The molecular formula is C33H24BrN3O7S. The normalized spacial score (nSPS) is 14.6. The van der Waals surface area contributed by atoms with E-state index >= 15 is 0 Å². The van der Waals surface area contributed by atoms with Crippen LogP contribution in [0.4, 0.5) is 5.69 Å². The topological polar surface area (TPSA) is 126 Å². The highest BCUT2D eigenvalue weighted by atomic mass is 79.9. The molecule has 45 heavy (non-hydrogen) atoms. The first-order valence-corrected chi connectivity index (χ1v) is 15.4. The summed E-state index contributed by atoms with van der Waals surface area (Å²) in [4.78, 5) is 43.6. The fraction of sp³-hybridized carbons (Fsp3) is 0.121. The van der Waals surface area contributed by atoms with Gasteiger partial charge < -0.3 is 13.9 Å². The smallest absolute Gasteiger partial charge is 0.338 e. The Kier molecular flexibility index (Phi) is 8.33. The number of fused-ring (bicyclic) bond motifs is 1. The van der Waals surface area contributed by atoms with Gasteiger partial charge in [0, 0.05) is 33.8 Å². The summed E-state index contributed by atoms with van der Waals surface area (Å²) in [5.41, 5.74) is 2.26. The number of esters is 1. The number of hydrogen-bond acceptors (Lipinski definition) is 9. The first-order valence-electron chi connectivity index (χ1n) is 13.8. The minimum Gasteiger partial charge on any atom is -0.497 e. The van der Waals surface area contributed by atoms with Crippen molar-refractivity contribution in [2.45, 2.75) is 13.0 Å². The molecule has 0 N–H and O–H groups in total. The van der Waals surface area contributed by atoms with Gasteiger partial charge >= 0.3 is 5.97 Å². The largest absolute Gasteiger partial charge is 0.497 e. The number of rotatable bonds is 8. The highest BCUT2D eigenvalue weighted by molar-refractivity contribution is 9.10. The van der Waals surface area contributed by atoms with Crippen molar-refractivity contribution in [2.75, 3.05) is 13.7 Å². The number of non-ortho nitro benzene ring substituents is 1. The monoisotopic (exact) mass is 685 g/mol. The van der Waals surface area contributed by atoms with Gasteiger partial charge in [0.1, 0.15) is 17.3 Å². The number of thiazole rings is 1. The Balaban J connectivity index is 1.52. The van der Waals surface area contributed by atoms with E-state index in [-0.39, 0.29) is 23.4 Å². The lowest BCUT2D eigenvalue weighted by Crippen LogP contribution is -2.40. The lowest BCUT2D eigenvalue weighted by molar-refractivity contribution is -0.384. The predicted molar refractivity (Wildman–Crippen MR) is 173 cm³/mol. The highest BCUT2D eigenvalue weighted by Gasteiger charge is 2.35. The van der Waals surface area contributed by atoms with Crippen LogP contribution in [0.5, 0.6) is 5.75 Å². The Morgan fingerprint density at radius 1 is 1.11 bits per heavy atom. The Bertz CT molecular complexity index is 2150. The summed E-state index contributed by atoms with van der Waals surface area (Å²) in [5, 5.41) is 11.1. The lowest BCUT2D eigenvalue weighted by Gasteiger charge is -2.26. The average Bonchev–Trinajstić information content (AvgIpc) is 3.64. The number of methoxy groups -OCH3 is 1. The molecule has 0 bridgehead atoms. The average molecular weight is 687 g/mol. The third kappa shape index (κ3) is 5.77. The van der Waals surface area contributed by atoms with Crippen LogP contribution in [-0.2, 0) is 9.53 Å². The molecule has 6 rings (SSSR count). The molecule has 226 valence electrons. The van der Waals surface area contributed by atoms with Crippen LogP contribution in [0.2, 0.25) is 0 Å². The number of furan rings is 1. The number of nitro groups is 1. The van der Waals surface area contributed by atoms with E-state index in [1.165, 1.54) is 28.0 Å². The van der Waals surface area contributed by atoms with Gasteiger partial charge in [-0.25, -0.2) is 9.79 Å². The summed E-state index contributed by atoms with van der Waals surface area (Å²) in [6.07, 6.45) is 1.62. The van der Waals surface area contributed by atoms with Gasteiger partial charge in [-0.3, -0.25) is 19.5 Å². The second-order valence-electron chi connectivity index (χ2n) is 9.83. The fourth-order valence-electron chi connectivity index (χ4n) is 5.06. The molecule has 0 saturated carbocycles. The van der Waals surface area contributed by atoms with E-state index in [1.807, 2.05) is 42.5 Å². The number of carbonyl (C=O) groups excluding carboxylic acids is 1. The van der Waals surface area contributed by atoms with E-state index in [4.69, 9.17) is 18.9 Å². The van der Waals surface area contributed by atoms with Crippen molar-refractivity contribution in [2.24, 2.45) is 4.99 Å². The number of carbonyl (C=O) groups is 1. The Hall–Kier alpha value is -5.07. The van der Waals surface area contributed by atoms with Gasteiger partial charge in [0.2, 0.25) is 0 Å². The first-order chi connectivity index (χ1) is 21.8. The second kappa shape index (κ2) is 12.5. The number of ether oxygens (including phenoxy) is 2. The van der Waals surface area contributed by atoms with Crippen molar-refractivity contribution >= 4 is 50.7 Å². The summed E-state index contributed by atoms with van der Waals surface area (Å²) in [7, 11) is 1.57. The van der Waals surface area contributed by atoms with Crippen molar-refractivity contribution in [1.82, 2.24) is 4.57 Å². The highest BCUT2D eigenvalue weighted by Crippen LogP contribution is 2.36. The molecule has 3 aromatic carbocycles. The number of aromatic nitrogens is 1. The van der Waals surface area contributed by atoms with E-state index in [0.717, 1.165) is 0 Å². The van der Waals surface area contributed by atoms with Crippen molar-refractivity contribution in [1.29, 1.82) is 0 Å². The molecule has 0 aliphatic carbocycles. The molecule has 3 heterocycles. The zero-order chi connectivity index (χ0) is 31.7. The number of halogens is 1. The third-order valence-electron chi connectivity index (χ3n) is 7.13. The zero-order valence-corrected chi connectivity index (χ0v) is 26.3. The minimum atomic E-state index is -0.827. The molecule has 2 aromatic heterocycles. The van der Waals surface area contributed by atoms with Gasteiger partial charge in [0.05, 0.1) is 40.5 Å². The second-order valence-corrected chi connectivity index (χ2v) is 11.7. The van der Waals surface area contributed by atoms with Crippen LogP contribution in [0.15, 0.2) is 109 Å². The minimum absolute atomic E-state index is 0.0537. The lowest BCUT2D eigenvalue weighted by atomic mass is 9.93. The molecule has 12 heteroatoms. The van der Waals surface area contributed by atoms with Gasteiger partial charge in [-0.15, -0.1) is 0 Å². The van der Waals surface area contributed by atoms with Crippen LogP contribution < -0.4 is 19.6 Å². The summed E-state index contributed by atoms with van der Waals surface area (Å²) >= 11 is 4.56. The van der Waals surface area contributed by atoms with Crippen LogP contribution >= 0.6 is 27.3 Å². The van der Waals surface area contributed by atoms with E-state index in [2.05, 4.69) is 15.9 Å². The third-order valence-corrected chi connectivity index (χ3v) is 8.77. The maximum absolute atomic E-state index is 14.1. The van der Waals surface area contributed by atoms with Gasteiger partial charge in [-0.1, -0.05) is 53.8 Å². The van der Waals surface area contributed by atoms with Crippen molar-refractivity contribution in [3.63, 3.8) is 0 Å². The molecule has 10 nitrogen and oxygen atoms in total. The van der Waals surface area contributed by atoms with Crippen LogP contribution in [0.25, 0.3) is 23.1 Å². The van der Waals surface area contributed by atoms with E-state index in [1.54, 1.807) is 50.4 Å². The van der Waals surface area contributed by atoms with Gasteiger partial charge in [-0.05, 0) is 58.7 Å². The maximum Gasteiger partial charge on any atom is 0.338 e. The predicted octanol–water partition coefficient (Wildman–Crippen LogP) is 5.87. The molecule has 0 amide bonds. The summed E-state index contributed by atoms with van der Waals surface area (Å²) in [6.45, 7) is 1.88. The number of nitro benzene ring substituents is 1. The van der Waals surface area contributed by atoms with Crippen LogP contribution in [0.1, 0.15) is 29.9 Å². The van der Waals surface area contributed by atoms with Crippen molar-refractivity contribution in [3.8, 4) is 17.1 Å². The molecule has 0 saturated heterocycles. The molecule has 1 atom stereocenters. The maximum atomic E-state index is 14.1. The molecule has 5 aromatic rings. The van der Waals surface area contributed by atoms with Crippen molar-refractivity contribution < 1.29 is 23.6 Å². The molecule has 0 spiro atoms. The van der Waals surface area contributed by atoms with E-state index < -0.39 is 16.9 Å². The van der Waals surface area contributed by atoms with Crippen molar-refractivity contribution in [3.05, 3.63) is 142 Å². The van der Waals surface area contributed by atoms with Gasteiger partial charge in [-0.2, -0.15) is 0 Å². The van der Waals surface area contributed by atoms with E-state index in [9.17, 15) is 19.7 Å². The van der Waals surface area contributed by atoms with Crippen LogP contribution in [0.3, 0.4) is 0 Å². The molecule has 1 unspecified atom stereocenters. The summed E-state index contributed by atoms with van der Waals surface area (Å²) < 4.78 is 19.2. The molecular weight excluding hydrogens is 662 g/mol. The SMILES string of the molecule is CCOC(=O)C1=C(c2ccccc2)N=c2s/c(=C\c3ccc(-c4ccc([N+](=O)[O-])cc4Br)o3)c(=O)n2C1c1ccc(OC)cc1. The summed E-state index contributed by atoms with van der Waals surface area (Å²) in [6, 6.07) is 23.5. The summed E-state index contributed by atoms with van der Waals surface area (Å²) in [5.74, 6) is 0.918.